The quantitative estimate of drug-likeness (QED) is 0.488. The Kier molecular flexibility index (Phi) is 5.88. The Morgan fingerprint density at radius 1 is 1.35 bits per heavy atom. The molecule has 1 N–H and O–H groups in total. The molecule has 0 aliphatic rings. The summed E-state index contributed by atoms with van der Waals surface area (Å²) in [5.74, 6) is -1.84. The van der Waals surface area contributed by atoms with Gasteiger partial charge < -0.3 is 9.84 Å². The zero-order valence-electron chi connectivity index (χ0n) is 11.2. The standard InChI is InChI=1S/C14H15BrO5/c1-3-20-14(19)11-5-4-9(13(18)8(2)15)6-10(11)7-12(16)17/h4-6,8H,3,7H2,1-2H3,(H,16,17). The molecular formula is C14H15BrO5. The van der Waals surface area contributed by atoms with Crippen LogP contribution in [0.1, 0.15) is 40.1 Å². The number of alkyl halides is 1. The summed E-state index contributed by atoms with van der Waals surface area (Å²) in [6.07, 6.45) is -0.341. The molecule has 0 spiro atoms. The number of carbonyl (C=O) groups is 3. The lowest BCUT2D eigenvalue weighted by Crippen LogP contribution is -2.15. The van der Waals surface area contributed by atoms with Crippen molar-refractivity contribution in [3.8, 4) is 0 Å². The normalized spacial score (nSPS) is 11.8. The number of carboxylic acid groups (broad SMARTS) is 1. The van der Waals surface area contributed by atoms with Crippen LogP contribution in [0.25, 0.3) is 0 Å². The van der Waals surface area contributed by atoms with Crippen LogP contribution in [-0.4, -0.2) is 34.3 Å². The highest BCUT2D eigenvalue weighted by Crippen LogP contribution is 2.17. The van der Waals surface area contributed by atoms with E-state index in [1.807, 2.05) is 0 Å². The second-order valence-corrected chi connectivity index (χ2v) is 5.52. The Morgan fingerprint density at radius 2 is 2.00 bits per heavy atom. The number of carboxylic acids is 1. The molecular weight excluding hydrogens is 328 g/mol. The fraction of sp³-hybridized carbons (Fsp3) is 0.357. The summed E-state index contributed by atoms with van der Waals surface area (Å²) in [6.45, 7) is 3.54. The first-order chi connectivity index (χ1) is 9.36. The van der Waals surface area contributed by atoms with Gasteiger partial charge in [-0.2, -0.15) is 0 Å². The summed E-state index contributed by atoms with van der Waals surface area (Å²) < 4.78 is 4.87. The first kappa shape index (κ1) is 16.4. The second kappa shape index (κ2) is 7.19. The smallest absolute Gasteiger partial charge is 0.338 e. The third-order valence-corrected chi connectivity index (χ3v) is 3.00. The summed E-state index contributed by atoms with van der Waals surface area (Å²) in [4.78, 5) is 34.1. The maximum atomic E-state index is 11.9. The monoisotopic (exact) mass is 342 g/mol. The van der Waals surface area contributed by atoms with Crippen molar-refractivity contribution in [1.29, 1.82) is 0 Å². The summed E-state index contributed by atoms with van der Waals surface area (Å²) in [6, 6.07) is 4.36. The first-order valence-corrected chi connectivity index (χ1v) is 6.98. The molecule has 0 fully saturated rings. The van der Waals surface area contributed by atoms with Crippen molar-refractivity contribution >= 4 is 33.7 Å². The SMILES string of the molecule is CCOC(=O)c1ccc(C(=O)C(C)Br)cc1CC(=O)O. The maximum Gasteiger partial charge on any atom is 0.338 e. The molecule has 0 saturated heterocycles. The Bertz CT molecular complexity index is 536. The van der Waals surface area contributed by atoms with Gasteiger partial charge in [0.05, 0.1) is 23.4 Å². The third-order valence-electron chi connectivity index (χ3n) is 2.59. The summed E-state index contributed by atoms with van der Waals surface area (Å²) >= 11 is 3.17. The van der Waals surface area contributed by atoms with Crippen molar-refractivity contribution in [1.82, 2.24) is 0 Å². The molecule has 0 radical (unpaired) electrons. The molecule has 1 unspecified atom stereocenters. The van der Waals surface area contributed by atoms with E-state index in [1.165, 1.54) is 18.2 Å². The lowest BCUT2D eigenvalue weighted by molar-refractivity contribution is -0.136. The Labute approximate surface area is 125 Å². The number of carbonyl (C=O) groups excluding carboxylic acids is 2. The van der Waals surface area contributed by atoms with Gasteiger partial charge in [-0.15, -0.1) is 0 Å². The van der Waals surface area contributed by atoms with Crippen LogP contribution in [0.4, 0.5) is 0 Å². The average Bonchev–Trinajstić information content (AvgIpc) is 2.37. The number of esters is 1. The number of benzene rings is 1. The lowest BCUT2D eigenvalue weighted by atomic mass is 9.98. The van der Waals surface area contributed by atoms with Crippen LogP contribution in [-0.2, 0) is 16.0 Å². The van der Waals surface area contributed by atoms with Crippen molar-refractivity contribution in [3.05, 3.63) is 34.9 Å². The van der Waals surface area contributed by atoms with Gasteiger partial charge in [0, 0.05) is 5.56 Å². The zero-order chi connectivity index (χ0) is 15.3. The van der Waals surface area contributed by atoms with E-state index in [9.17, 15) is 14.4 Å². The molecule has 0 aliphatic carbocycles. The van der Waals surface area contributed by atoms with Crippen molar-refractivity contribution in [2.45, 2.75) is 25.1 Å². The van der Waals surface area contributed by atoms with Crippen LogP contribution >= 0.6 is 15.9 Å². The largest absolute Gasteiger partial charge is 0.481 e. The maximum absolute atomic E-state index is 11.9. The van der Waals surface area contributed by atoms with Crippen molar-refractivity contribution in [3.63, 3.8) is 0 Å². The van der Waals surface area contributed by atoms with Crippen LogP contribution in [0, 0.1) is 0 Å². The topological polar surface area (TPSA) is 80.7 Å². The van der Waals surface area contributed by atoms with Gasteiger partial charge in [-0.3, -0.25) is 9.59 Å². The van der Waals surface area contributed by atoms with Gasteiger partial charge in [0.25, 0.3) is 0 Å². The number of ketones is 1. The number of hydrogen-bond acceptors (Lipinski definition) is 4. The Hall–Kier alpha value is -1.69. The molecule has 6 heteroatoms. The van der Waals surface area contributed by atoms with Crippen LogP contribution in [0.3, 0.4) is 0 Å². The lowest BCUT2D eigenvalue weighted by Gasteiger charge is -2.10. The van der Waals surface area contributed by atoms with Crippen molar-refractivity contribution in [2.75, 3.05) is 6.61 Å². The summed E-state index contributed by atoms with van der Waals surface area (Å²) in [5, 5.41) is 8.90. The number of rotatable bonds is 6. The molecule has 0 bridgehead atoms. The van der Waals surface area contributed by atoms with E-state index in [0.29, 0.717) is 5.56 Å². The number of ether oxygens (including phenoxy) is 1. The molecule has 0 aliphatic heterocycles. The van der Waals surface area contributed by atoms with Crippen molar-refractivity contribution in [2.24, 2.45) is 0 Å². The highest BCUT2D eigenvalue weighted by molar-refractivity contribution is 9.10. The average molecular weight is 343 g/mol. The minimum Gasteiger partial charge on any atom is -0.481 e. The zero-order valence-corrected chi connectivity index (χ0v) is 12.8. The van der Waals surface area contributed by atoms with E-state index in [1.54, 1.807) is 13.8 Å². The van der Waals surface area contributed by atoms with Gasteiger partial charge in [0.15, 0.2) is 5.78 Å². The second-order valence-electron chi connectivity index (χ2n) is 4.14. The number of aliphatic carboxylic acids is 1. The highest BCUT2D eigenvalue weighted by atomic mass is 79.9. The summed E-state index contributed by atoms with van der Waals surface area (Å²) in [5.41, 5.74) is 0.807. The molecule has 0 saturated carbocycles. The van der Waals surface area contributed by atoms with Gasteiger partial charge in [0.2, 0.25) is 0 Å². The van der Waals surface area contributed by atoms with Gasteiger partial charge in [-0.1, -0.05) is 22.0 Å². The van der Waals surface area contributed by atoms with E-state index in [-0.39, 0.29) is 34.8 Å². The fourth-order valence-electron chi connectivity index (χ4n) is 1.69. The van der Waals surface area contributed by atoms with E-state index < -0.39 is 11.9 Å². The van der Waals surface area contributed by atoms with Crippen LogP contribution in [0.2, 0.25) is 0 Å². The number of hydrogen-bond donors (Lipinski definition) is 1. The van der Waals surface area contributed by atoms with Gasteiger partial charge >= 0.3 is 11.9 Å². The summed E-state index contributed by atoms with van der Waals surface area (Å²) in [7, 11) is 0. The highest BCUT2D eigenvalue weighted by Gasteiger charge is 2.19. The molecule has 0 aromatic heterocycles. The van der Waals surface area contributed by atoms with Gasteiger partial charge in [-0.25, -0.2) is 4.79 Å². The minimum atomic E-state index is -1.08. The van der Waals surface area contributed by atoms with E-state index >= 15 is 0 Å². The fourth-order valence-corrected chi connectivity index (χ4v) is 1.96. The number of halogens is 1. The van der Waals surface area contributed by atoms with E-state index in [2.05, 4.69) is 15.9 Å². The molecule has 0 heterocycles. The Balaban J connectivity index is 3.22. The molecule has 108 valence electrons. The van der Waals surface area contributed by atoms with E-state index in [4.69, 9.17) is 9.84 Å². The van der Waals surface area contributed by atoms with Crippen LogP contribution in [0.5, 0.6) is 0 Å². The predicted octanol–water partition coefficient (Wildman–Crippen LogP) is 2.46. The molecule has 5 nitrogen and oxygen atoms in total. The molecule has 1 aromatic rings. The molecule has 1 atom stereocenters. The number of Topliss-reactive ketones (excluding diaryl/α,β-unsaturated/α-hetero) is 1. The minimum absolute atomic E-state index is 0.174. The van der Waals surface area contributed by atoms with E-state index in [0.717, 1.165) is 0 Å². The molecule has 20 heavy (non-hydrogen) atoms. The van der Waals surface area contributed by atoms with Gasteiger partial charge in [0.1, 0.15) is 0 Å². The third kappa shape index (κ3) is 4.16. The predicted molar refractivity (Wildman–Crippen MR) is 76.5 cm³/mol. The Morgan fingerprint density at radius 3 is 2.50 bits per heavy atom. The van der Waals surface area contributed by atoms with Gasteiger partial charge in [-0.05, 0) is 31.5 Å². The van der Waals surface area contributed by atoms with Crippen LogP contribution in [0.15, 0.2) is 18.2 Å². The van der Waals surface area contributed by atoms with Crippen LogP contribution < -0.4 is 0 Å². The first-order valence-electron chi connectivity index (χ1n) is 6.07. The molecule has 1 aromatic carbocycles. The molecule has 1 rings (SSSR count). The van der Waals surface area contributed by atoms with Crippen molar-refractivity contribution < 1.29 is 24.2 Å². The molecule has 0 amide bonds.